The van der Waals surface area contributed by atoms with E-state index >= 15 is 0 Å². The number of hydrogen-bond donors (Lipinski definition) is 0. The van der Waals surface area contributed by atoms with Crippen LogP contribution in [0.2, 0.25) is 0 Å². The van der Waals surface area contributed by atoms with E-state index in [0.717, 1.165) is 57.7 Å². The molecule has 3 rings (SSSR count). The number of piperazine rings is 1. The quantitative estimate of drug-likeness (QED) is 0.753. The van der Waals surface area contributed by atoms with Crippen LogP contribution in [0.4, 0.5) is 10.6 Å². The van der Waals surface area contributed by atoms with Gasteiger partial charge in [0.15, 0.2) is 0 Å². The maximum atomic E-state index is 13.0. The number of anilines is 1. The molecule has 1 aliphatic heterocycles. The first kappa shape index (κ1) is 22.4. The van der Waals surface area contributed by atoms with E-state index < -0.39 is 5.60 Å². The van der Waals surface area contributed by atoms with Crippen molar-refractivity contribution in [1.29, 1.82) is 0 Å². The highest BCUT2D eigenvalue weighted by molar-refractivity contribution is 5.79. The van der Waals surface area contributed by atoms with E-state index in [4.69, 9.17) is 4.74 Å². The van der Waals surface area contributed by atoms with Crippen LogP contribution >= 0.6 is 0 Å². The smallest absolute Gasteiger partial charge is 0.410 e. The van der Waals surface area contributed by atoms with Gasteiger partial charge in [-0.1, -0.05) is 6.07 Å². The second-order valence-electron chi connectivity index (χ2n) is 9.58. The summed E-state index contributed by atoms with van der Waals surface area (Å²) >= 11 is 0. The molecular weight excluding hydrogens is 380 g/mol. The van der Waals surface area contributed by atoms with Gasteiger partial charge in [-0.2, -0.15) is 0 Å². The number of hydrogen-bond acceptors (Lipinski definition) is 5. The summed E-state index contributed by atoms with van der Waals surface area (Å²) in [6.45, 7) is 9.52. The van der Waals surface area contributed by atoms with Crippen LogP contribution in [0.15, 0.2) is 24.4 Å². The molecule has 1 aliphatic carbocycles. The molecule has 1 aromatic rings. The Balaban J connectivity index is 1.41. The highest BCUT2D eigenvalue weighted by Crippen LogP contribution is 2.31. The van der Waals surface area contributed by atoms with Crippen LogP contribution in [0.5, 0.6) is 0 Å². The van der Waals surface area contributed by atoms with Crippen molar-refractivity contribution in [2.75, 3.05) is 44.7 Å². The van der Waals surface area contributed by atoms with Crippen molar-refractivity contribution in [1.82, 2.24) is 14.8 Å². The molecule has 0 bridgehead atoms. The van der Waals surface area contributed by atoms with Gasteiger partial charge in [0.25, 0.3) is 0 Å². The van der Waals surface area contributed by atoms with Gasteiger partial charge in [0.05, 0.1) is 0 Å². The fourth-order valence-corrected chi connectivity index (χ4v) is 4.35. The van der Waals surface area contributed by atoms with Crippen LogP contribution in [-0.2, 0) is 9.53 Å². The van der Waals surface area contributed by atoms with Crippen molar-refractivity contribution in [3.05, 3.63) is 24.4 Å². The van der Waals surface area contributed by atoms with Gasteiger partial charge < -0.3 is 19.4 Å². The van der Waals surface area contributed by atoms with E-state index in [-0.39, 0.29) is 12.0 Å². The molecule has 1 aromatic heterocycles. The zero-order valence-corrected chi connectivity index (χ0v) is 18.8. The molecule has 0 aromatic carbocycles. The standard InChI is InChI=1S/C23H36N4O3/c1-23(2,3)30-22(29)25(4)17-18-8-10-19(11-9-18)21(28)27-15-13-26(14-16-27)20-7-5-6-12-24-20/h5-7,12,18-19H,8-11,13-17H2,1-4H3. The third kappa shape index (κ3) is 6.09. The van der Waals surface area contributed by atoms with Crippen LogP contribution in [0.3, 0.4) is 0 Å². The first-order valence-corrected chi connectivity index (χ1v) is 11.1. The lowest BCUT2D eigenvalue weighted by molar-refractivity contribution is -0.137. The number of carbonyl (C=O) groups excluding carboxylic acids is 2. The Kier molecular flexibility index (Phi) is 7.21. The molecule has 0 N–H and O–H groups in total. The molecule has 0 unspecified atom stereocenters. The first-order valence-electron chi connectivity index (χ1n) is 11.1. The van der Waals surface area contributed by atoms with E-state index in [0.29, 0.717) is 18.4 Å². The predicted molar refractivity (Wildman–Crippen MR) is 117 cm³/mol. The average molecular weight is 417 g/mol. The van der Waals surface area contributed by atoms with Crippen LogP contribution in [0, 0.1) is 11.8 Å². The summed E-state index contributed by atoms with van der Waals surface area (Å²) in [7, 11) is 1.80. The molecule has 166 valence electrons. The molecule has 1 saturated carbocycles. The van der Waals surface area contributed by atoms with Gasteiger partial charge in [0, 0.05) is 51.9 Å². The Hall–Kier alpha value is -2.31. The molecule has 1 saturated heterocycles. The summed E-state index contributed by atoms with van der Waals surface area (Å²) in [6, 6.07) is 5.94. The van der Waals surface area contributed by atoms with Crippen molar-refractivity contribution < 1.29 is 14.3 Å². The molecule has 7 nitrogen and oxygen atoms in total. The van der Waals surface area contributed by atoms with E-state index in [1.807, 2.05) is 50.1 Å². The summed E-state index contributed by atoms with van der Waals surface area (Å²) in [5.74, 6) is 1.84. The van der Waals surface area contributed by atoms with Gasteiger partial charge in [0.1, 0.15) is 11.4 Å². The Morgan fingerprint density at radius 2 is 1.77 bits per heavy atom. The predicted octanol–water partition coefficient (Wildman–Crippen LogP) is 3.40. The molecule has 2 amide bonds. The topological polar surface area (TPSA) is 66.0 Å². The van der Waals surface area contributed by atoms with Crippen molar-refractivity contribution >= 4 is 17.8 Å². The molecule has 2 fully saturated rings. The van der Waals surface area contributed by atoms with E-state index in [2.05, 4.69) is 9.88 Å². The van der Waals surface area contributed by atoms with Gasteiger partial charge in [-0.25, -0.2) is 9.78 Å². The van der Waals surface area contributed by atoms with Gasteiger partial charge in [-0.05, 0) is 64.5 Å². The lowest BCUT2D eigenvalue weighted by atomic mass is 9.81. The zero-order chi connectivity index (χ0) is 21.7. The summed E-state index contributed by atoms with van der Waals surface area (Å²) in [5.41, 5.74) is -0.476. The number of aromatic nitrogens is 1. The number of rotatable bonds is 4. The monoisotopic (exact) mass is 416 g/mol. The fraction of sp³-hybridized carbons (Fsp3) is 0.696. The summed E-state index contributed by atoms with van der Waals surface area (Å²) in [5, 5.41) is 0. The lowest BCUT2D eigenvalue weighted by Crippen LogP contribution is -2.51. The Morgan fingerprint density at radius 1 is 1.10 bits per heavy atom. The Morgan fingerprint density at radius 3 is 2.33 bits per heavy atom. The number of pyridine rings is 1. The molecule has 0 radical (unpaired) electrons. The largest absolute Gasteiger partial charge is 0.444 e. The third-order valence-electron chi connectivity index (χ3n) is 6.00. The van der Waals surface area contributed by atoms with Crippen LogP contribution in [0.1, 0.15) is 46.5 Å². The van der Waals surface area contributed by atoms with Crippen molar-refractivity contribution in [3.8, 4) is 0 Å². The van der Waals surface area contributed by atoms with Gasteiger partial charge >= 0.3 is 6.09 Å². The second-order valence-corrected chi connectivity index (χ2v) is 9.58. The van der Waals surface area contributed by atoms with Gasteiger partial charge in [-0.3, -0.25) is 4.79 Å². The summed E-state index contributed by atoms with van der Waals surface area (Å²) in [4.78, 5) is 35.5. The van der Waals surface area contributed by atoms with Gasteiger partial charge in [-0.15, -0.1) is 0 Å². The first-order chi connectivity index (χ1) is 14.2. The number of amides is 2. The van der Waals surface area contributed by atoms with E-state index in [1.165, 1.54) is 0 Å². The number of ether oxygens (including phenoxy) is 1. The summed E-state index contributed by atoms with van der Waals surface area (Å²) < 4.78 is 5.44. The van der Waals surface area contributed by atoms with Crippen molar-refractivity contribution in [2.24, 2.45) is 11.8 Å². The molecule has 0 atom stereocenters. The SMILES string of the molecule is CN(CC1CCC(C(=O)N2CCN(c3ccccn3)CC2)CC1)C(=O)OC(C)(C)C. The third-order valence-corrected chi connectivity index (χ3v) is 6.00. The number of carbonyl (C=O) groups is 2. The molecular formula is C23H36N4O3. The summed E-state index contributed by atoms with van der Waals surface area (Å²) in [6.07, 6.45) is 5.32. The Labute approximate surface area is 180 Å². The lowest BCUT2D eigenvalue weighted by Gasteiger charge is -2.38. The van der Waals surface area contributed by atoms with Crippen LogP contribution in [0.25, 0.3) is 0 Å². The van der Waals surface area contributed by atoms with Crippen LogP contribution < -0.4 is 4.90 Å². The van der Waals surface area contributed by atoms with Crippen molar-refractivity contribution in [3.63, 3.8) is 0 Å². The fourth-order valence-electron chi connectivity index (χ4n) is 4.35. The second kappa shape index (κ2) is 9.67. The van der Waals surface area contributed by atoms with E-state index in [1.54, 1.807) is 11.9 Å². The Bertz CT molecular complexity index is 703. The highest BCUT2D eigenvalue weighted by atomic mass is 16.6. The maximum absolute atomic E-state index is 13.0. The molecule has 2 aliphatic rings. The zero-order valence-electron chi connectivity index (χ0n) is 18.8. The highest BCUT2D eigenvalue weighted by Gasteiger charge is 2.32. The average Bonchev–Trinajstić information content (AvgIpc) is 2.73. The molecule has 2 heterocycles. The van der Waals surface area contributed by atoms with E-state index in [9.17, 15) is 9.59 Å². The molecule has 7 heteroatoms. The molecule has 30 heavy (non-hydrogen) atoms. The minimum absolute atomic E-state index is 0.120. The van der Waals surface area contributed by atoms with Crippen LogP contribution in [-0.4, -0.2) is 72.2 Å². The minimum Gasteiger partial charge on any atom is -0.444 e. The number of nitrogens with zero attached hydrogens (tertiary/aromatic N) is 4. The van der Waals surface area contributed by atoms with Crippen molar-refractivity contribution in [2.45, 2.75) is 52.1 Å². The molecule has 0 spiro atoms. The normalized spacial score (nSPS) is 22.5. The van der Waals surface area contributed by atoms with Gasteiger partial charge in [0.2, 0.25) is 5.91 Å². The minimum atomic E-state index is -0.476. The maximum Gasteiger partial charge on any atom is 0.410 e.